The van der Waals surface area contributed by atoms with Crippen molar-refractivity contribution in [2.24, 2.45) is 11.5 Å². The molecule has 0 saturated carbocycles. The number of carbonyl (C=O) groups is 1. The Bertz CT molecular complexity index is 466. The van der Waals surface area contributed by atoms with Gasteiger partial charge in [-0.1, -0.05) is 0 Å². The number of halogens is 1. The van der Waals surface area contributed by atoms with Gasteiger partial charge in [0.05, 0.1) is 28.1 Å². The predicted molar refractivity (Wildman–Crippen MR) is 68.1 cm³/mol. The molecule has 0 aliphatic carbocycles. The molecule has 1 aromatic carbocycles. The molecule has 1 aromatic rings. The second kappa shape index (κ2) is 6.31. The van der Waals surface area contributed by atoms with E-state index < -0.39 is 16.9 Å². The number of hydrogen-bond acceptors (Lipinski definition) is 5. The summed E-state index contributed by atoms with van der Waals surface area (Å²) >= 11 is 3.21. The Kier molecular flexibility index (Phi) is 5.05. The van der Waals surface area contributed by atoms with E-state index in [9.17, 15) is 14.9 Å². The lowest BCUT2D eigenvalue weighted by Gasteiger charge is -2.10. The minimum absolute atomic E-state index is 0.0765. The van der Waals surface area contributed by atoms with E-state index >= 15 is 0 Å². The SMILES string of the molecule is NC(=O)C(N)CCOc1cc([N+](=O)[O-])ccc1Br. The maximum Gasteiger partial charge on any atom is 0.273 e. The van der Waals surface area contributed by atoms with Crippen LogP contribution in [0.1, 0.15) is 6.42 Å². The van der Waals surface area contributed by atoms with Crippen molar-refractivity contribution < 1.29 is 14.5 Å². The van der Waals surface area contributed by atoms with Gasteiger partial charge in [0.15, 0.2) is 0 Å². The molecule has 0 aromatic heterocycles. The number of benzene rings is 1. The van der Waals surface area contributed by atoms with Crippen LogP contribution in [0.25, 0.3) is 0 Å². The summed E-state index contributed by atoms with van der Waals surface area (Å²) in [5.74, 6) is -0.294. The quantitative estimate of drug-likeness (QED) is 0.597. The molecule has 4 N–H and O–H groups in total. The first-order valence-corrected chi connectivity index (χ1v) is 5.82. The predicted octanol–water partition coefficient (Wildman–Crippen LogP) is 0.939. The third kappa shape index (κ3) is 3.97. The van der Waals surface area contributed by atoms with Gasteiger partial charge in [-0.25, -0.2) is 0 Å². The molecule has 0 fully saturated rings. The van der Waals surface area contributed by atoms with Crippen LogP contribution in [0.5, 0.6) is 5.75 Å². The average molecular weight is 318 g/mol. The Morgan fingerprint density at radius 3 is 2.78 bits per heavy atom. The van der Waals surface area contributed by atoms with E-state index in [-0.39, 0.29) is 18.7 Å². The normalized spacial score (nSPS) is 11.9. The molecule has 1 unspecified atom stereocenters. The lowest BCUT2D eigenvalue weighted by atomic mass is 10.2. The van der Waals surface area contributed by atoms with Crippen molar-refractivity contribution in [3.63, 3.8) is 0 Å². The average Bonchev–Trinajstić information content (AvgIpc) is 2.30. The van der Waals surface area contributed by atoms with Gasteiger partial charge in [-0.15, -0.1) is 0 Å². The highest BCUT2D eigenvalue weighted by Crippen LogP contribution is 2.29. The molecule has 0 spiro atoms. The van der Waals surface area contributed by atoms with Gasteiger partial charge in [0, 0.05) is 12.5 Å². The van der Waals surface area contributed by atoms with Crippen molar-refractivity contribution in [3.05, 3.63) is 32.8 Å². The van der Waals surface area contributed by atoms with E-state index in [1.165, 1.54) is 18.2 Å². The highest BCUT2D eigenvalue weighted by Gasteiger charge is 2.12. The van der Waals surface area contributed by atoms with E-state index in [1.54, 1.807) is 0 Å². The Morgan fingerprint density at radius 1 is 1.56 bits per heavy atom. The zero-order chi connectivity index (χ0) is 13.7. The first kappa shape index (κ1) is 14.4. The van der Waals surface area contributed by atoms with E-state index in [0.717, 1.165) is 0 Å². The van der Waals surface area contributed by atoms with Gasteiger partial charge in [0.1, 0.15) is 5.75 Å². The van der Waals surface area contributed by atoms with Crippen LogP contribution in [-0.4, -0.2) is 23.5 Å². The highest BCUT2D eigenvalue weighted by molar-refractivity contribution is 9.10. The molecule has 7 nitrogen and oxygen atoms in total. The van der Waals surface area contributed by atoms with E-state index in [2.05, 4.69) is 15.9 Å². The molecule has 0 aliphatic rings. The minimum atomic E-state index is -0.789. The standard InChI is InChI=1S/C10H12BrN3O4/c11-7-2-1-6(14(16)17)5-9(7)18-4-3-8(12)10(13)15/h1-2,5,8H,3-4,12H2,(H2,13,15). The highest BCUT2D eigenvalue weighted by atomic mass is 79.9. The number of amides is 1. The lowest BCUT2D eigenvalue weighted by Crippen LogP contribution is -2.37. The van der Waals surface area contributed by atoms with Crippen LogP contribution < -0.4 is 16.2 Å². The summed E-state index contributed by atoms with van der Waals surface area (Å²) in [7, 11) is 0. The maximum atomic E-state index is 10.7. The summed E-state index contributed by atoms with van der Waals surface area (Å²) in [6.07, 6.45) is 0.241. The van der Waals surface area contributed by atoms with Gasteiger partial charge >= 0.3 is 0 Å². The molecular weight excluding hydrogens is 306 g/mol. The number of hydrogen-bond donors (Lipinski definition) is 2. The molecule has 0 bridgehead atoms. The number of nitrogens with two attached hydrogens (primary N) is 2. The van der Waals surface area contributed by atoms with Crippen LogP contribution in [0, 0.1) is 10.1 Å². The topological polar surface area (TPSA) is 121 Å². The zero-order valence-corrected chi connectivity index (χ0v) is 10.9. The van der Waals surface area contributed by atoms with Crippen molar-refractivity contribution in [3.8, 4) is 5.75 Å². The van der Waals surface area contributed by atoms with E-state index in [1.807, 2.05) is 0 Å². The molecule has 1 amide bonds. The van der Waals surface area contributed by atoms with Crippen LogP contribution in [0.3, 0.4) is 0 Å². The Labute approximate surface area is 111 Å². The van der Waals surface area contributed by atoms with Gasteiger partial charge in [0.25, 0.3) is 5.69 Å². The Hall–Kier alpha value is -1.67. The van der Waals surface area contributed by atoms with Crippen LogP contribution in [0.15, 0.2) is 22.7 Å². The second-order valence-corrected chi connectivity index (χ2v) is 4.37. The minimum Gasteiger partial charge on any atom is -0.492 e. The van der Waals surface area contributed by atoms with Gasteiger partial charge in [-0.05, 0) is 22.0 Å². The third-order valence-corrected chi connectivity index (χ3v) is 2.83. The summed E-state index contributed by atoms with van der Waals surface area (Å²) in [6.45, 7) is 0.143. The summed E-state index contributed by atoms with van der Waals surface area (Å²) in [4.78, 5) is 20.8. The molecule has 98 valence electrons. The van der Waals surface area contributed by atoms with Gasteiger partial charge in [0.2, 0.25) is 5.91 Å². The van der Waals surface area contributed by atoms with Crippen molar-refractivity contribution in [1.29, 1.82) is 0 Å². The first-order chi connectivity index (χ1) is 8.41. The molecule has 0 saturated heterocycles. The van der Waals surface area contributed by atoms with Crippen LogP contribution in [-0.2, 0) is 4.79 Å². The monoisotopic (exact) mass is 317 g/mol. The number of rotatable bonds is 6. The fourth-order valence-electron chi connectivity index (χ4n) is 1.15. The molecule has 1 atom stereocenters. The number of non-ortho nitro benzene ring substituents is 1. The number of carbonyl (C=O) groups excluding carboxylic acids is 1. The number of nitro groups is 1. The molecule has 18 heavy (non-hydrogen) atoms. The fourth-order valence-corrected chi connectivity index (χ4v) is 1.52. The molecule has 0 heterocycles. The molecular formula is C10H12BrN3O4. The summed E-state index contributed by atoms with van der Waals surface area (Å²) in [5, 5.41) is 10.6. The van der Waals surface area contributed by atoms with Crippen molar-refractivity contribution in [2.75, 3.05) is 6.61 Å². The van der Waals surface area contributed by atoms with Gasteiger partial charge < -0.3 is 16.2 Å². The summed E-state index contributed by atoms with van der Waals surface area (Å²) < 4.78 is 5.89. The van der Waals surface area contributed by atoms with Crippen molar-refractivity contribution in [1.82, 2.24) is 0 Å². The number of nitro benzene ring substituents is 1. The molecule has 0 aliphatic heterocycles. The van der Waals surface area contributed by atoms with E-state index in [4.69, 9.17) is 16.2 Å². The second-order valence-electron chi connectivity index (χ2n) is 3.52. The molecule has 0 radical (unpaired) electrons. The number of nitrogens with zero attached hydrogens (tertiary/aromatic N) is 1. The largest absolute Gasteiger partial charge is 0.492 e. The number of primary amides is 1. The third-order valence-electron chi connectivity index (χ3n) is 2.18. The number of ether oxygens (including phenoxy) is 1. The Balaban J connectivity index is 2.64. The molecule has 1 rings (SSSR count). The Morgan fingerprint density at radius 2 is 2.22 bits per heavy atom. The summed E-state index contributed by atoms with van der Waals surface area (Å²) in [5.41, 5.74) is 10.3. The van der Waals surface area contributed by atoms with E-state index in [0.29, 0.717) is 10.2 Å². The van der Waals surface area contributed by atoms with Crippen LogP contribution in [0.2, 0.25) is 0 Å². The summed E-state index contributed by atoms with van der Waals surface area (Å²) in [6, 6.07) is 3.37. The fraction of sp³-hybridized carbons (Fsp3) is 0.300. The lowest BCUT2D eigenvalue weighted by molar-refractivity contribution is -0.385. The molecule has 8 heteroatoms. The van der Waals surface area contributed by atoms with Crippen LogP contribution >= 0.6 is 15.9 Å². The smallest absolute Gasteiger partial charge is 0.273 e. The first-order valence-electron chi connectivity index (χ1n) is 5.03. The zero-order valence-electron chi connectivity index (χ0n) is 9.34. The van der Waals surface area contributed by atoms with Crippen molar-refractivity contribution in [2.45, 2.75) is 12.5 Å². The maximum absolute atomic E-state index is 10.7. The van der Waals surface area contributed by atoms with Gasteiger partial charge in [-0.3, -0.25) is 14.9 Å². The van der Waals surface area contributed by atoms with Crippen molar-refractivity contribution >= 4 is 27.5 Å². The van der Waals surface area contributed by atoms with Gasteiger partial charge in [-0.2, -0.15) is 0 Å². The van der Waals surface area contributed by atoms with Crippen LogP contribution in [0.4, 0.5) is 5.69 Å².